The highest BCUT2D eigenvalue weighted by molar-refractivity contribution is 7.14. The van der Waals surface area contributed by atoms with Crippen LogP contribution in [0.2, 0.25) is 0 Å². The van der Waals surface area contributed by atoms with Crippen molar-refractivity contribution >= 4 is 44.2 Å². The molecule has 0 nitrogen and oxygen atoms in total. The van der Waals surface area contributed by atoms with Gasteiger partial charge in [0.15, 0.2) is 0 Å². The van der Waals surface area contributed by atoms with Crippen molar-refractivity contribution in [3.05, 3.63) is 81.5 Å². The molecule has 0 amide bonds. The molecule has 2 aliphatic carbocycles. The molecule has 7 rings (SSSR count). The standard InChI is InChI=1S/C40H46S2/c1-5-9-21-39(22-10-6-2)29-17-13-15-27-33(29)35(37-31(39)19-25-41-37)28-16-14-18-30-34(28)36(27)38-32(20-26-42-38)40(30,23-11-7-3)24-12-8-4/h13-20,25-26H,5-12,21-24H2,1-4H3. The molecule has 0 spiro atoms. The Morgan fingerprint density at radius 2 is 0.857 bits per heavy atom. The molecule has 42 heavy (non-hydrogen) atoms. The summed E-state index contributed by atoms with van der Waals surface area (Å²) in [6, 6.07) is 19.8. The van der Waals surface area contributed by atoms with Crippen molar-refractivity contribution < 1.29 is 0 Å². The molecule has 2 heteroatoms. The van der Waals surface area contributed by atoms with E-state index in [4.69, 9.17) is 0 Å². The first-order valence-electron chi connectivity index (χ1n) is 16.9. The summed E-state index contributed by atoms with van der Waals surface area (Å²) in [5.74, 6) is 0. The number of hydrogen-bond donors (Lipinski definition) is 0. The average molecular weight is 591 g/mol. The van der Waals surface area contributed by atoms with Crippen molar-refractivity contribution in [1.29, 1.82) is 0 Å². The molecule has 5 aromatic rings. The van der Waals surface area contributed by atoms with Gasteiger partial charge in [-0.2, -0.15) is 0 Å². The van der Waals surface area contributed by atoms with Crippen LogP contribution in [0, 0.1) is 0 Å². The Morgan fingerprint density at radius 1 is 0.476 bits per heavy atom. The summed E-state index contributed by atoms with van der Waals surface area (Å²) in [5, 5.41) is 10.9. The fourth-order valence-corrected chi connectivity index (χ4v) is 11.0. The van der Waals surface area contributed by atoms with Crippen LogP contribution in [0.15, 0.2) is 59.3 Å². The highest BCUT2D eigenvalue weighted by Gasteiger charge is 2.45. The van der Waals surface area contributed by atoms with Gasteiger partial charge in [-0.15, -0.1) is 22.7 Å². The van der Waals surface area contributed by atoms with Gasteiger partial charge in [0.05, 0.1) is 0 Å². The third kappa shape index (κ3) is 3.90. The number of fused-ring (bicyclic) bond motifs is 6. The van der Waals surface area contributed by atoms with Gasteiger partial charge in [-0.3, -0.25) is 0 Å². The van der Waals surface area contributed by atoms with E-state index in [1.54, 1.807) is 42.8 Å². The molecule has 0 radical (unpaired) electrons. The van der Waals surface area contributed by atoms with Gasteiger partial charge in [0.25, 0.3) is 0 Å². The normalized spacial score (nSPS) is 15.7. The molecular weight excluding hydrogens is 545 g/mol. The second-order valence-corrected chi connectivity index (χ2v) is 14.9. The topological polar surface area (TPSA) is 0 Å². The highest BCUT2D eigenvalue weighted by atomic mass is 32.1. The molecule has 218 valence electrons. The predicted molar refractivity (Wildman–Crippen MR) is 188 cm³/mol. The maximum atomic E-state index is 2.52. The molecule has 2 aliphatic rings. The van der Waals surface area contributed by atoms with Gasteiger partial charge in [0, 0.05) is 31.7 Å². The molecule has 0 aliphatic heterocycles. The van der Waals surface area contributed by atoms with Gasteiger partial charge >= 0.3 is 0 Å². The number of thiophene rings is 2. The maximum Gasteiger partial charge on any atom is 0.0396 e. The maximum absolute atomic E-state index is 2.52. The summed E-state index contributed by atoms with van der Waals surface area (Å²) >= 11 is 4.00. The van der Waals surface area contributed by atoms with Gasteiger partial charge < -0.3 is 0 Å². The molecular formula is C40H46S2. The second-order valence-electron chi connectivity index (χ2n) is 13.1. The molecule has 0 bridgehead atoms. The molecule has 3 aromatic carbocycles. The summed E-state index contributed by atoms with van der Waals surface area (Å²) in [6.07, 6.45) is 15.1. The Balaban J connectivity index is 1.64. The van der Waals surface area contributed by atoms with Crippen molar-refractivity contribution in [1.82, 2.24) is 0 Å². The third-order valence-electron chi connectivity index (χ3n) is 10.8. The van der Waals surface area contributed by atoms with E-state index in [0.717, 1.165) is 0 Å². The van der Waals surface area contributed by atoms with E-state index in [-0.39, 0.29) is 10.8 Å². The smallest absolute Gasteiger partial charge is 0.0396 e. The zero-order chi connectivity index (χ0) is 28.9. The lowest BCUT2D eigenvalue weighted by molar-refractivity contribution is 0.408. The Morgan fingerprint density at radius 3 is 1.21 bits per heavy atom. The van der Waals surface area contributed by atoms with Crippen molar-refractivity contribution in [2.75, 3.05) is 0 Å². The number of rotatable bonds is 12. The number of hydrogen-bond acceptors (Lipinski definition) is 2. The van der Waals surface area contributed by atoms with E-state index >= 15 is 0 Å². The number of benzene rings is 3. The molecule has 0 fully saturated rings. The molecule has 0 unspecified atom stereocenters. The van der Waals surface area contributed by atoms with Gasteiger partial charge in [-0.1, -0.05) is 115 Å². The Hall–Kier alpha value is -2.42. The lowest BCUT2D eigenvalue weighted by atomic mass is 9.60. The fraction of sp³-hybridized carbons (Fsp3) is 0.450. The van der Waals surface area contributed by atoms with Crippen LogP contribution in [0.3, 0.4) is 0 Å². The first kappa shape index (κ1) is 28.4. The van der Waals surface area contributed by atoms with Crippen LogP contribution in [-0.4, -0.2) is 0 Å². The number of unbranched alkanes of at least 4 members (excludes halogenated alkanes) is 4. The van der Waals surface area contributed by atoms with Crippen molar-refractivity contribution in [2.45, 2.75) is 116 Å². The van der Waals surface area contributed by atoms with Crippen LogP contribution in [0.1, 0.15) is 127 Å². The minimum absolute atomic E-state index is 0.116. The molecule has 0 atom stereocenters. The summed E-state index contributed by atoms with van der Waals surface area (Å²) in [4.78, 5) is 3.11. The van der Waals surface area contributed by atoms with Crippen molar-refractivity contribution in [3.63, 3.8) is 0 Å². The SMILES string of the molecule is CCCCC1(CCCC)c2ccsc2-c2c3cccc4c3c(c3cccc1c23)-c1sccc1C4(CCCC)CCCC. The zero-order valence-corrected chi connectivity index (χ0v) is 27.7. The van der Waals surface area contributed by atoms with Crippen LogP contribution >= 0.6 is 22.7 Å². The zero-order valence-electron chi connectivity index (χ0n) is 26.1. The van der Waals surface area contributed by atoms with Crippen molar-refractivity contribution in [3.8, 4) is 20.9 Å². The summed E-state index contributed by atoms with van der Waals surface area (Å²) in [6.45, 7) is 9.45. The van der Waals surface area contributed by atoms with Gasteiger partial charge in [-0.05, 0) is 92.4 Å². The quantitative estimate of drug-likeness (QED) is 0.127. The lowest BCUT2D eigenvalue weighted by Gasteiger charge is -2.43. The first-order valence-corrected chi connectivity index (χ1v) is 18.6. The first-order chi connectivity index (χ1) is 20.7. The molecule has 2 heterocycles. The van der Waals surface area contributed by atoms with E-state index in [0.29, 0.717) is 0 Å². The molecule has 2 aromatic heterocycles. The van der Waals surface area contributed by atoms with E-state index in [1.165, 1.54) is 98.9 Å². The third-order valence-corrected chi connectivity index (χ3v) is 12.7. The summed E-state index contributed by atoms with van der Waals surface area (Å²) in [7, 11) is 0. The fourth-order valence-electron chi connectivity index (χ4n) is 8.89. The van der Waals surface area contributed by atoms with Gasteiger partial charge in [0.2, 0.25) is 0 Å². The molecule has 0 saturated heterocycles. The van der Waals surface area contributed by atoms with Gasteiger partial charge in [-0.25, -0.2) is 0 Å². The Bertz CT molecular complexity index is 1600. The Kier molecular flexibility index (Phi) is 7.60. The van der Waals surface area contributed by atoms with Crippen molar-refractivity contribution in [2.24, 2.45) is 0 Å². The Labute approximate surface area is 261 Å². The van der Waals surface area contributed by atoms with Crippen LogP contribution in [0.4, 0.5) is 0 Å². The summed E-state index contributed by atoms with van der Waals surface area (Å²) < 4.78 is 0. The average Bonchev–Trinajstić information content (AvgIpc) is 3.72. The largest absolute Gasteiger partial charge is 0.143 e. The summed E-state index contributed by atoms with van der Waals surface area (Å²) in [5.41, 5.74) is 9.76. The monoisotopic (exact) mass is 590 g/mol. The lowest BCUT2D eigenvalue weighted by Crippen LogP contribution is -2.32. The van der Waals surface area contributed by atoms with Crippen LogP contribution in [0.25, 0.3) is 42.4 Å². The highest BCUT2D eigenvalue weighted by Crippen LogP contribution is 2.62. The minimum atomic E-state index is 0.116. The second kappa shape index (κ2) is 11.3. The van der Waals surface area contributed by atoms with E-state index in [2.05, 4.69) is 87.0 Å². The van der Waals surface area contributed by atoms with Crippen LogP contribution in [-0.2, 0) is 10.8 Å². The van der Waals surface area contributed by atoms with E-state index in [1.807, 2.05) is 22.7 Å². The van der Waals surface area contributed by atoms with Crippen LogP contribution in [0.5, 0.6) is 0 Å². The molecule has 0 saturated carbocycles. The predicted octanol–water partition coefficient (Wildman–Crippen LogP) is 13.4. The van der Waals surface area contributed by atoms with Crippen LogP contribution < -0.4 is 0 Å². The van der Waals surface area contributed by atoms with Gasteiger partial charge in [0.1, 0.15) is 0 Å². The van der Waals surface area contributed by atoms with E-state index < -0.39 is 0 Å². The van der Waals surface area contributed by atoms with E-state index in [9.17, 15) is 0 Å². The molecule has 0 N–H and O–H groups in total. The minimum Gasteiger partial charge on any atom is -0.143 e.